The Bertz CT molecular complexity index is 923. The Morgan fingerprint density at radius 2 is 2.00 bits per heavy atom. The number of hydrogen-bond acceptors (Lipinski definition) is 6. The monoisotopic (exact) mass is 415 g/mol. The van der Waals surface area contributed by atoms with Gasteiger partial charge in [-0.05, 0) is 12.8 Å². The molecule has 4 rings (SSSR count). The molecule has 0 unspecified atom stereocenters. The molecule has 2 aliphatic rings. The summed E-state index contributed by atoms with van der Waals surface area (Å²) in [5.74, 6) is -0.591. The third-order valence-electron chi connectivity index (χ3n) is 5.07. The lowest BCUT2D eigenvalue weighted by molar-refractivity contribution is -0.177. The van der Waals surface area contributed by atoms with Gasteiger partial charge >= 0.3 is 6.18 Å². The number of aromatic nitrogens is 3. The molecule has 0 radical (unpaired) electrons. The average Bonchev–Trinajstić information content (AvgIpc) is 3.23. The van der Waals surface area contributed by atoms with E-state index in [9.17, 15) is 13.2 Å². The van der Waals surface area contributed by atoms with Crippen molar-refractivity contribution in [3.8, 4) is 6.07 Å². The number of fused-ring (bicyclic) bond motifs is 1. The number of imidazole rings is 1. The Labute approximate surface area is 163 Å². The molecule has 3 heterocycles. The maximum Gasteiger partial charge on any atom is 0.406 e. The summed E-state index contributed by atoms with van der Waals surface area (Å²) in [5.41, 5.74) is 0.189. The first-order valence-corrected chi connectivity index (χ1v) is 9.24. The number of nitrogens with one attached hydrogen (secondary N) is 1. The van der Waals surface area contributed by atoms with Crippen LogP contribution in [0.3, 0.4) is 0 Å². The summed E-state index contributed by atoms with van der Waals surface area (Å²) >= 11 is 6.37. The highest BCUT2D eigenvalue weighted by atomic mass is 35.5. The number of ether oxygens (including phenoxy) is 2. The van der Waals surface area contributed by atoms with Gasteiger partial charge in [0.25, 0.3) is 0 Å². The summed E-state index contributed by atoms with van der Waals surface area (Å²) in [6.07, 6.45) is -0.254. The Hall–Kier alpha value is -2.09. The van der Waals surface area contributed by atoms with Gasteiger partial charge in [-0.15, -0.1) is 0 Å². The predicted octanol–water partition coefficient (Wildman–Crippen LogP) is 3.62. The fourth-order valence-corrected chi connectivity index (χ4v) is 4.09. The van der Waals surface area contributed by atoms with Crippen LogP contribution in [0.25, 0.3) is 11.0 Å². The molecular weight excluding hydrogens is 399 g/mol. The maximum absolute atomic E-state index is 13.0. The topological polar surface area (TPSA) is 85.0 Å². The molecule has 1 N–H and O–H groups in total. The van der Waals surface area contributed by atoms with Crippen LogP contribution in [0.15, 0.2) is 6.20 Å². The van der Waals surface area contributed by atoms with Crippen molar-refractivity contribution in [2.75, 3.05) is 18.5 Å². The van der Waals surface area contributed by atoms with E-state index >= 15 is 0 Å². The lowest BCUT2D eigenvalue weighted by atomic mass is 9.90. The van der Waals surface area contributed by atoms with Crippen LogP contribution >= 0.6 is 11.6 Å². The molecule has 7 nitrogen and oxygen atoms in total. The van der Waals surface area contributed by atoms with Gasteiger partial charge in [0.05, 0.1) is 24.9 Å². The molecule has 2 aromatic rings. The zero-order chi connectivity index (χ0) is 19.9. The minimum atomic E-state index is -4.52. The number of nitriles is 1. The van der Waals surface area contributed by atoms with Crippen molar-refractivity contribution in [2.24, 2.45) is 0 Å². The first kappa shape index (κ1) is 19.2. The molecule has 1 aliphatic carbocycles. The number of halogens is 4. The van der Waals surface area contributed by atoms with Gasteiger partial charge in [-0.1, -0.05) is 11.6 Å². The van der Waals surface area contributed by atoms with Crippen LogP contribution in [0.2, 0.25) is 5.02 Å². The summed E-state index contributed by atoms with van der Waals surface area (Å²) in [6, 6.07) is 1.72. The second-order valence-corrected chi connectivity index (χ2v) is 7.31. The highest BCUT2D eigenvalue weighted by Crippen LogP contribution is 2.38. The molecule has 0 atom stereocenters. The molecule has 2 aromatic heterocycles. The predicted molar refractivity (Wildman–Crippen MR) is 93.8 cm³/mol. The minimum Gasteiger partial charge on any atom is -0.366 e. The van der Waals surface area contributed by atoms with Gasteiger partial charge in [-0.25, -0.2) is 9.97 Å². The first-order chi connectivity index (χ1) is 13.3. The van der Waals surface area contributed by atoms with Crippen LogP contribution in [0.4, 0.5) is 19.0 Å². The van der Waals surface area contributed by atoms with E-state index < -0.39 is 18.5 Å². The number of nitrogens with zero attached hydrogens (tertiary/aromatic N) is 4. The van der Waals surface area contributed by atoms with Gasteiger partial charge in [0.15, 0.2) is 5.79 Å². The third kappa shape index (κ3) is 3.62. The molecule has 1 saturated carbocycles. The van der Waals surface area contributed by atoms with E-state index in [1.54, 1.807) is 6.07 Å². The van der Waals surface area contributed by atoms with Crippen LogP contribution in [0.5, 0.6) is 0 Å². The van der Waals surface area contributed by atoms with E-state index in [1.807, 2.05) is 0 Å². The zero-order valence-corrected chi connectivity index (χ0v) is 15.5. The lowest BCUT2D eigenvalue weighted by Gasteiger charge is -2.35. The van der Waals surface area contributed by atoms with E-state index in [1.165, 1.54) is 6.20 Å². The van der Waals surface area contributed by atoms with Gasteiger partial charge in [-0.2, -0.15) is 18.4 Å². The largest absolute Gasteiger partial charge is 0.406 e. The highest BCUT2D eigenvalue weighted by Gasteiger charge is 2.40. The second-order valence-electron chi connectivity index (χ2n) is 6.93. The summed E-state index contributed by atoms with van der Waals surface area (Å²) in [7, 11) is 0. The van der Waals surface area contributed by atoms with E-state index in [0.29, 0.717) is 13.2 Å². The van der Waals surface area contributed by atoms with Crippen molar-refractivity contribution < 1.29 is 22.6 Å². The molecule has 2 fully saturated rings. The number of pyridine rings is 1. The van der Waals surface area contributed by atoms with Crippen molar-refractivity contribution in [1.82, 2.24) is 14.5 Å². The molecule has 28 heavy (non-hydrogen) atoms. The molecule has 0 bridgehead atoms. The molecule has 0 amide bonds. The summed E-state index contributed by atoms with van der Waals surface area (Å²) in [5, 5.41) is 12.4. The number of rotatable bonds is 3. The van der Waals surface area contributed by atoms with Crippen molar-refractivity contribution in [3.63, 3.8) is 0 Å². The average molecular weight is 416 g/mol. The Kier molecular flexibility index (Phi) is 4.85. The second kappa shape index (κ2) is 7.06. The fourth-order valence-electron chi connectivity index (χ4n) is 3.79. The smallest absolute Gasteiger partial charge is 0.366 e. The summed E-state index contributed by atoms with van der Waals surface area (Å²) < 4.78 is 51.0. The van der Waals surface area contributed by atoms with Crippen LogP contribution in [0, 0.1) is 11.3 Å². The molecule has 0 aromatic carbocycles. The molecule has 1 saturated heterocycles. The van der Waals surface area contributed by atoms with Gasteiger partial charge in [0.1, 0.15) is 29.0 Å². The van der Waals surface area contributed by atoms with Gasteiger partial charge in [-0.3, -0.25) is 0 Å². The number of alkyl halides is 3. The van der Waals surface area contributed by atoms with Crippen LogP contribution < -0.4 is 5.32 Å². The number of anilines is 1. The van der Waals surface area contributed by atoms with E-state index in [2.05, 4.69) is 15.3 Å². The molecule has 11 heteroatoms. The maximum atomic E-state index is 13.0. The molecule has 1 aliphatic heterocycles. The quantitative estimate of drug-likeness (QED) is 0.824. The van der Waals surface area contributed by atoms with Crippen LogP contribution in [-0.4, -0.2) is 45.8 Å². The van der Waals surface area contributed by atoms with E-state index in [-0.39, 0.29) is 33.7 Å². The standard InChI is InChI=1S/C17H17ClF3N5O2/c18-13-14-11(25-12(7-22)26(14)9-17(19,20)21)8-23-15(13)24-10-1-3-16(4-2-10)27-5-6-28-16/h8,10H,1-6,9H2,(H,23,24). The normalized spacial score (nSPS) is 20.0. The van der Waals surface area contributed by atoms with Crippen LogP contribution in [-0.2, 0) is 16.0 Å². The van der Waals surface area contributed by atoms with Gasteiger partial charge in [0, 0.05) is 18.9 Å². The van der Waals surface area contributed by atoms with E-state index in [0.717, 1.165) is 30.3 Å². The Balaban J connectivity index is 1.59. The summed E-state index contributed by atoms with van der Waals surface area (Å²) in [6.45, 7) is -0.171. The third-order valence-corrected chi connectivity index (χ3v) is 5.42. The molecule has 1 spiro atoms. The fraction of sp³-hybridized carbons (Fsp3) is 0.588. The van der Waals surface area contributed by atoms with Crippen molar-refractivity contribution >= 4 is 28.5 Å². The first-order valence-electron chi connectivity index (χ1n) is 8.86. The zero-order valence-electron chi connectivity index (χ0n) is 14.7. The highest BCUT2D eigenvalue weighted by molar-refractivity contribution is 6.37. The van der Waals surface area contributed by atoms with Crippen LogP contribution in [0.1, 0.15) is 31.5 Å². The van der Waals surface area contributed by atoms with E-state index in [4.69, 9.17) is 26.3 Å². The minimum absolute atomic E-state index is 0.0180. The van der Waals surface area contributed by atoms with Gasteiger partial charge in [0.2, 0.25) is 5.82 Å². The van der Waals surface area contributed by atoms with Gasteiger partial charge < -0.3 is 19.4 Å². The molecular formula is C17H17ClF3N5O2. The lowest BCUT2D eigenvalue weighted by Crippen LogP contribution is -2.39. The Morgan fingerprint density at radius 3 is 2.61 bits per heavy atom. The Morgan fingerprint density at radius 1 is 1.32 bits per heavy atom. The van der Waals surface area contributed by atoms with Crippen molar-refractivity contribution in [3.05, 3.63) is 17.0 Å². The summed E-state index contributed by atoms with van der Waals surface area (Å²) in [4.78, 5) is 8.11. The van der Waals surface area contributed by atoms with Crippen molar-refractivity contribution in [1.29, 1.82) is 5.26 Å². The van der Waals surface area contributed by atoms with Crippen molar-refractivity contribution in [2.45, 2.75) is 50.2 Å². The SMILES string of the molecule is N#Cc1nc2cnc(NC3CCC4(CC3)OCCO4)c(Cl)c2n1CC(F)(F)F. The number of hydrogen-bond donors (Lipinski definition) is 1. The molecule has 150 valence electrons.